The van der Waals surface area contributed by atoms with Crippen LogP contribution in [0.3, 0.4) is 0 Å². The summed E-state index contributed by atoms with van der Waals surface area (Å²) in [7, 11) is 1.61. The van der Waals surface area contributed by atoms with Crippen molar-refractivity contribution >= 4 is 29.5 Å². The van der Waals surface area contributed by atoms with Crippen molar-refractivity contribution in [1.82, 2.24) is 20.2 Å². The van der Waals surface area contributed by atoms with E-state index in [4.69, 9.17) is 16.3 Å². The van der Waals surface area contributed by atoms with Gasteiger partial charge in [0, 0.05) is 18.6 Å². The van der Waals surface area contributed by atoms with Gasteiger partial charge in [-0.2, -0.15) is 0 Å². The normalized spacial score (nSPS) is 10.1. The minimum Gasteiger partial charge on any atom is -0.447 e. The summed E-state index contributed by atoms with van der Waals surface area (Å²) in [4.78, 5) is 33.1. The Bertz CT molecular complexity index is 754. The van der Waals surface area contributed by atoms with Crippen LogP contribution < -0.4 is 10.6 Å². The number of hydrogen-bond donors (Lipinski definition) is 2. The molecular weight excluding hydrogens is 358 g/mol. The third-order valence-corrected chi connectivity index (χ3v) is 3.77. The minimum absolute atomic E-state index is 0.0428. The molecule has 2 rings (SSSR count). The lowest BCUT2D eigenvalue weighted by molar-refractivity contribution is 0.146. The smallest absolute Gasteiger partial charge is 0.412 e. The molecule has 0 aliphatic rings. The number of anilines is 1. The van der Waals surface area contributed by atoms with Gasteiger partial charge in [0.1, 0.15) is 6.61 Å². The van der Waals surface area contributed by atoms with Crippen LogP contribution in [-0.2, 0) is 11.3 Å². The number of hydrogen-bond acceptors (Lipinski definition) is 5. The van der Waals surface area contributed by atoms with Crippen molar-refractivity contribution < 1.29 is 14.3 Å². The standard InChI is InChI=1S/C17H20ClN5O3/c1-12-9-20-15(11-19-12)22-17(25)26-8-7-23(2)16(24)21-10-13-5-3-4-6-14(13)18/h3-6,9,11H,7-8,10H2,1-2H3,(H,21,24)(H,20,22,25). The zero-order valence-corrected chi connectivity index (χ0v) is 15.3. The Hall–Kier alpha value is -2.87. The van der Waals surface area contributed by atoms with E-state index in [2.05, 4.69) is 20.6 Å². The zero-order valence-electron chi connectivity index (χ0n) is 14.5. The predicted octanol–water partition coefficient (Wildman–Crippen LogP) is 2.83. The van der Waals surface area contributed by atoms with E-state index in [0.29, 0.717) is 17.4 Å². The SMILES string of the molecule is Cc1cnc(NC(=O)OCCN(C)C(=O)NCc2ccccc2Cl)cn1. The van der Waals surface area contributed by atoms with E-state index in [9.17, 15) is 9.59 Å². The second kappa shape index (κ2) is 9.57. The van der Waals surface area contributed by atoms with Gasteiger partial charge in [-0.1, -0.05) is 29.8 Å². The Labute approximate surface area is 156 Å². The quantitative estimate of drug-likeness (QED) is 0.806. The second-order valence-electron chi connectivity index (χ2n) is 5.48. The molecule has 0 atom stereocenters. The molecule has 26 heavy (non-hydrogen) atoms. The summed E-state index contributed by atoms with van der Waals surface area (Å²) in [6.07, 6.45) is 2.31. The number of urea groups is 1. The molecule has 2 aromatic rings. The summed E-state index contributed by atoms with van der Waals surface area (Å²) in [5, 5.41) is 5.80. The molecule has 1 aromatic heterocycles. The number of rotatable bonds is 6. The second-order valence-corrected chi connectivity index (χ2v) is 5.88. The molecule has 0 fully saturated rings. The monoisotopic (exact) mass is 377 g/mol. The molecule has 8 nitrogen and oxygen atoms in total. The Kier molecular flexibility index (Phi) is 7.16. The molecule has 0 aliphatic carbocycles. The van der Waals surface area contributed by atoms with Crippen molar-refractivity contribution in [2.45, 2.75) is 13.5 Å². The number of nitrogens with zero attached hydrogens (tertiary/aromatic N) is 3. The molecule has 138 valence electrons. The van der Waals surface area contributed by atoms with Crippen LogP contribution in [0, 0.1) is 6.92 Å². The summed E-state index contributed by atoms with van der Waals surface area (Å²) in [6.45, 7) is 2.39. The van der Waals surface area contributed by atoms with Gasteiger partial charge in [-0.15, -0.1) is 0 Å². The molecule has 1 heterocycles. The van der Waals surface area contributed by atoms with Gasteiger partial charge < -0.3 is 15.0 Å². The van der Waals surface area contributed by atoms with Crippen LogP contribution in [0.1, 0.15) is 11.3 Å². The lowest BCUT2D eigenvalue weighted by atomic mass is 10.2. The number of carbonyl (C=O) groups is 2. The van der Waals surface area contributed by atoms with Crippen molar-refractivity contribution in [3.8, 4) is 0 Å². The van der Waals surface area contributed by atoms with E-state index in [1.54, 1.807) is 20.0 Å². The Balaban J connectivity index is 1.68. The van der Waals surface area contributed by atoms with Crippen molar-refractivity contribution in [1.29, 1.82) is 0 Å². The van der Waals surface area contributed by atoms with Gasteiger partial charge in [-0.3, -0.25) is 10.3 Å². The van der Waals surface area contributed by atoms with E-state index in [0.717, 1.165) is 11.3 Å². The van der Waals surface area contributed by atoms with Gasteiger partial charge in [0.25, 0.3) is 0 Å². The number of benzene rings is 1. The minimum atomic E-state index is -0.659. The highest BCUT2D eigenvalue weighted by Gasteiger charge is 2.10. The number of ether oxygens (including phenoxy) is 1. The van der Waals surface area contributed by atoms with E-state index in [-0.39, 0.29) is 19.2 Å². The summed E-state index contributed by atoms with van der Waals surface area (Å²) in [6, 6.07) is 6.98. The van der Waals surface area contributed by atoms with E-state index in [1.807, 2.05) is 18.2 Å². The van der Waals surface area contributed by atoms with E-state index in [1.165, 1.54) is 17.3 Å². The first-order valence-corrected chi connectivity index (χ1v) is 8.28. The summed E-state index contributed by atoms with van der Waals surface area (Å²) in [5.74, 6) is 0.298. The zero-order chi connectivity index (χ0) is 18.9. The summed E-state index contributed by atoms with van der Waals surface area (Å²) < 4.78 is 5.02. The van der Waals surface area contributed by atoms with Crippen molar-refractivity contribution in [3.05, 3.63) is 52.9 Å². The van der Waals surface area contributed by atoms with Crippen molar-refractivity contribution in [2.75, 3.05) is 25.5 Å². The maximum atomic E-state index is 12.0. The number of aryl methyl sites for hydroxylation is 1. The van der Waals surface area contributed by atoms with Crippen molar-refractivity contribution in [2.24, 2.45) is 0 Å². The molecule has 0 unspecified atom stereocenters. The Morgan fingerprint density at radius 1 is 1.23 bits per heavy atom. The molecule has 9 heteroatoms. The average Bonchev–Trinajstić information content (AvgIpc) is 2.62. The van der Waals surface area contributed by atoms with Gasteiger partial charge in [-0.25, -0.2) is 14.6 Å². The van der Waals surface area contributed by atoms with E-state index >= 15 is 0 Å². The number of carbonyl (C=O) groups excluding carboxylic acids is 2. The van der Waals surface area contributed by atoms with Gasteiger partial charge in [0.15, 0.2) is 5.82 Å². The van der Waals surface area contributed by atoms with Crippen LogP contribution in [0.5, 0.6) is 0 Å². The molecule has 0 saturated heterocycles. The Morgan fingerprint density at radius 2 is 2.00 bits per heavy atom. The lowest BCUT2D eigenvalue weighted by Gasteiger charge is -2.18. The third kappa shape index (κ3) is 6.21. The van der Waals surface area contributed by atoms with Crippen LogP contribution in [0.15, 0.2) is 36.7 Å². The Morgan fingerprint density at radius 3 is 2.69 bits per heavy atom. The number of aromatic nitrogens is 2. The molecule has 0 bridgehead atoms. The molecular formula is C17H20ClN5O3. The first-order chi connectivity index (χ1) is 12.5. The predicted molar refractivity (Wildman–Crippen MR) is 98.1 cm³/mol. The fourth-order valence-electron chi connectivity index (χ4n) is 1.92. The van der Waals surface area contributed by atoms with Crippen LogP contribution in [0.4, 0.5) is 15.4 Å². The van der Waals surface area contributed by atoms with Crippen LogP contribution in [0.25, 0.3) is 0 Å². The first-order valence-electron chi connectivity index (χ1n) is 7.90. The topological polar surface area (TPSA) is 96.5 Å². The fourth-order valence-corrected chi connectivity index (χ4v) is 2.12. The molecule has 1 aromatic carbocycles. The summed E-state index contributed by atoms with van der Waals surface area (Å²) >= 11 is 6.04. The largest absolute Gasteiger partial charge is 0.447 e. The third-order valence-electron chi connectivity index (χ3n) is 3.41. The average molecular weight is 378 g/mol. The van der Waals surface area contributed by atoms with Gasteiger partial charge >= 0.3 is 12.1 Å². The van der Waals surface area contributed by atoms with Crippen LogP contribution >= 0.6 is 11.6 Å². The first kappa shape index (κ1) is 19.5. The molecule has 0 radical (unpaired) electrons. The number of likely N-dealkylation sites (N-methyl/N-ethyl adjacent to an activating group) is 1. The fraction of sp³-hybridized carbons (Fsp3) is 0.294. The molecule has 0 aliphatic heterocycles. The summed E-state index contributed by atoms with van der Waals surface area (Å²) in [5.41, 5.74) is 1.57. The molecule has 0 saturated carbocycles. The lowest BCUT2D eigenvalue weighted by Crippen LogP contribution is -2.39. The number of halogens is 1. The maximum Gasteiger partial charge on any atom is 0.412 e. The number of nitrogens with one attached hydrogen (secondary N) is 2. The van der Waals surface area contributed by atoms with Crippen molar-refractivity contribution in [3.63, 3.8) is 0 Å². The molecule has 2 N–H and O–H groups in total. The molecule has 0 spiro atoms. The van der Waals surface area contributed by atoms with E-state index < -0.39 is 6.09 Å². The highest BCUT2D eigenvalue weighted by molar-refractivity contribution is 6.31. The highest BCUT2D eigenvalue weighted by Crippen LogP contribution is 2.14. The van der Waals surface area contributed by atoms with Crippen LogP contribution in [0.2, 0.25) is 5.02 Å². The van der Waals surface area contributed by atoms with Gasteiger partial charge in [0.2, 0.25) is 0 Å². The maximum absolute atomic E-state index is 12.0. The van der Waals surface area contributed by atoms with Gasteiger partial charge in [-0.05, 0) is 18.6 Å². The van der Waals surface area contributed by atoms with Crippen LogP contribution in [-0.4, -0.2) is 47.2 Å². The molecule has 3 amide bonds. The highest BCUT2D eigenvalue weighted by atomic mass is 35.5. The van der Waals surface area contributed by atoms with Gasteiger partial charge in [0.05, 0.1) is 24.6 Å². The number of amides is 3.